The Kier molecular flexibility index (Phi) is 5.02. The van der Waals surface area contributed by atoms with Crippen molar-refractivity contribution in [3.63, 3.8) is 0 Å². The maximum Gasteiger partial charge on any atom is 0.118 e. The van der Waals surface area contributed by atoms with E-state index in [2.05, 4.69) is 17.4 Å². The zero-order valence-corrected chi connectivity index (χ0v) is 11.1. The molecule has 2 N–H and O–H groups in total. The molecule has 1 saturated carbocycles. The van der Waals surface area contributed by atoms with E-state index < -0.39 is 0 Å². The molecule has 100 valence electrons. The Bertz CT molecular complexity index is 350. The van der Waals surface area contributed by atoms with Crippen LogP contribution in [-0.4, -0.2) is 25.4 Å². The van der Waals surface area contributed by atoms with Gasteiger partial charge in [0, 0.05) is 13.2 Å². The molecular formula is C15H23NO2. The van der Waals surface area contributed by atoms with Crippen molar-refractivity contribution in [3.05, 3.63) is 29.8 Å². The van der Waals surface area contributed by atoms with Gasteiger partial charge in [0.15, 0.2) is 0 Å². The molecule has 1 aromatic rings. The minimum Gasteiger partial charge on any atom is -0.497 e. The highest BCUT2D eigenvalue weighted by molar-refractivity contribution is 5.26. The van der Waals surface area contributed by atoms with Gasteiger partial charge in [0.05, 0.1) is 7.11 Å². The van der Waals surface area contributed by atoms with Crippen LogP contribution in [0.4, 0.5) is 0 Å². The van der Waals surface area contributed by atoms with Crippen LogP contribution in [0.25, 0.3) is 0 Å². The molecule has 0 heterocycles. The lowest BCUT2D eigenvalue weighted by atomic mass is 9.97. The number of nitrogens with one attached hydrogen (secondary N) is 1. The van der Waals surface area contributed by atoms with Gasteiger partial charge in [0.25, 0.3) is 0 Å². The van der Waals surface area contributed by atoms with Crippen molar-refractivity contribution in [1.82, 2.24) is 5.32 Å². The average molecular weight is 249 g/mol. The Morgan fingerprint density at radius 3 is 2.61 bits per heavy atom. The summed E-state index contributed by atoms with van der Waals surface area (Å²) in [6.07, 6.45) is 3.70. The third-order valence-electron chi connectivity index (χ3n) is 3.95. The molecule has 2 unspecified atom stereocenters. The molecule has 0 saturated heterocycles. The monoisotopic (exact) mass is 249 g/mol. The Morgan fingerprint density at radius 1 is 1.22 bits per heavy atom. The van der Waals surface area contributed by atoms with Crippen molar-refractivity contribution < 1.29 is 9.84 Å². The standard InChI is InChI=1S/C15H23NO2/c1-18-15-7-5-12(6-8-15)9-16-10-13-3-2-4-14(13)11-17/h5-8,13-14,16-17H,2-4,9-11H2,1H3. The summed E-state index contributed by atoms with van der Waals surface area (Å²) >= 11 is 0. The van der Waals surface area contributed by atoms with Gasteiger partial charge in [-0.3, -0.25) is 0 Å². The van der Waals surface area contributed by atoms with Crippen molar-refractivity contribution in [2.45, 2.75) is 25.8 Å². The molecule has 0 radical (unpaired) electrons. The molecular weight excluding hydrogens is 226 g/mol. The van der Waals surface area contributed by atoms with Gasteiger partial charge < -0.3 is 15.2 Å². The quantitative estimate of drug-likeness (QED) is 0.812. The van der Waals surface area contributed by atoms with E-state index in [4.69, 9.17) is 4.74 Å². The molecule has 0 spiro atoms. The summed E-state index contributed by atoms with van der Waals surface area (Å²) in [4.78, 5) is 0. The minimum atomic E-state index is 0.342. The first-order valence-electron chi connectivity index (χ1n) is 6.78. The smallest absolute Gasteiger partial charge is 0.118 e. The van der Waals surface area contributed by atoms with E-state index in [-0.39, 0.29) is 0 Å². The molecule has 2 atom stereocenters. The second-order valence-electron chi connectivity index (χ2n) is 5.11. The van der Waals surface area contributed by atoms with Crippen LogP contribution in [0.5, 0.6) is 5.75 Å². The lowest BCUT2D eigenvalue weighted by Crippen LogP contribution is -2.26. The largest absolute Gasteiger partial charge is 0.497 e. The highest BCUT2D eigenvalue weighted by Gasteiger charge is 2.25. The van der Waals surface area contributed by atoms with Crippen molar-refractivity contribution in [2.24, 2.45) is 11.8 Å². The van der Waals surface area contributed by atoms with Gasteiger partial charge in [-0.25, -0.2) is 0 Å². The topological polar surface area (TPSA) is 41.5 Å². The van der Waals surface area contributed by atoms with E-state index in [0.29, 0.717) is 18.4 Å². The zero-order valence-electron chi connectivity index (χ0n) is 11.1. The van der Waals surface area contributed by atoms with Crippen LogP contribution in [-0.2, 0) is 6.54 Å². The van der Waals surface area contributed by atoms with Crippen molar-refractivity contribution >= 4 is 0 Å². The second-order valence-corrected chi connectivity index (χ2v) is 5.11. The molecule has 0 bridgehead atoms. The van der Waals surface area contributed by atoms with Crippen molar-refractivity contribution in [1.29, 1.82) is 0 Å². The number of aliphatic hydroxyl groups excluding tert-OH is 1. The summed E-state index contributed by atoms with van der Waals surface area (Å²) in [7, 11) is 1.68. The predicted molar refractivity (Wildman–Crippen MR) is 72.6 cm³/mol. The number of hydrogen-bond acceptors (Lipinski definition) is 3. The van der Waals surface area contributed by atoms with Crippen LogP contribution in [0.2, 0.25) is 0 Å². The molecule has 2 rings (SSSR count). The summed E-state index contributed by atoms with van der Waals surface area (Å²) in [5.74, 6) is 2.05. The molecule has 1 aliphatic carbocycles. The van der Waals surface area contributed by atoms with Gasteiger partial charge in [-0.05, 0) is 48.9 Å². The van der Waals surface area contributed by atoms with Crippen LogP contribution in [0.3, 0.4) is 0 Å². The maximum atomic E-state index is 9.27. The number of benzene rings is 1. The molecule has 0 aromatic heterocycles. The molecule has 3 nitrogen and oxygen atoms in total. The fourth-order valence-corrected chi connectivity index (χ4v) is 2.77. The molecule has 1 aromatic carbocycles. The Morgan fingerprint density at radius 2 is 1.94 bits per heavy atom. The first-order valence-corrected chi connectivity index (χ1v) is 6.78. The molecule has 1 fully saturated rings. The molecule has 0 amide bonds. The average Bonchev–Trinajstić information content (AvgIpc) is 2.87. The van der Waals surface area contributed by atoms with E-state index in [1.54, 1.807) is 7.11 Å². The number of aliphatic hydroxyl groups is 1. The van der Waals surface area contributed by atoms with Gasteiger partial charge in [0.2, 0.25) is 0 Å². The SMILES string of the molecule is COc1ccc(CNCC2CCCC2CO)cc1. The first-order chi connectivity index (χ1) is 8.83. The van der Waals surface area contributed by atoms with Crippen LogP contribution in [0, 0.1) is 11.8 Å². The van der Waals surface area contributed by atoms with E-state index in [1.807, 2.05) is 12.1 Å². The summed E-state index contributed by atoms with van der Waals surface area (Å²) in [5, 5.41) is 12.8. The fraction of sp³-hybridized carbons (Fsp3) is 0.600. The fourth-order valence-electron chi connectivity index (χ4n) is 2.77. The number of rotatable bonds is 6. The molecule has 3 heteroatoms. The van der Waals surface area contributed by atoms with Crippen molar-refractivity contribution in [2.75, 3.05) is 20.3 Å². The Labute approximate surface area is 109 Å². The van der Waals surface area contributed by atoms with E-state index >= 15 is 0 Å². The van der Waals surface area contributed by atoms with Gasteiger partial charge in [-0.1, -0.05) is 18.6 Å². The van der Waals surface area contributed by atoms with Crippen LogP contribution >= 0.6 is 0 Å². The van der Waals surface area contributed by atoms with Crippen LogP contribution in [0.1, 0.15) is 24.8 Å². The molecule has 1 aliphatic rings. The first kappa shape index (κ1) is 13.4. The number of hydrogen-bond donors (Lipinski definition) is 2. The number of ether oxygens (including phenoxy) is 1. The van der Waals surface area contributed by atoms with Gasteiger partial charge in [0.1, 0.15) is 5.75 Å². The van der Waals surface area contributed by atoms with Gasteiger partial charge in [-0.2, -0.15) is 0 Å². The normalized spacial score (nSPS) is 23.2. The van der Waals surface area contributed by atoms with Gasteiger partial charge >= 0.3 is 0 Å². The third kappa shape index (κ3) is 3.47. The Balaban J connectivity index is 1.74. The summed E-state index contributed by atoms with van der Waals surface area (Å²) < 4.78 is 5.14. The second kappa shape index (κ2) is 6.76. The van der Waals surface area contributed by atoms with E-state index in [9.17, 15) is 5.11 Å². The summed E-state index contributed by atoms with van der Waals surface area (Å²) in [5.41, 5.74) is 1.27. The highest BCUT2D eigenvalue weighted by Crippen LogP contribution is 2.30. The third-order valence-corrected chi connectivity index (χ3v) is 3.95. The lowest BCUT2D eigenvalue weighted by molar-refractivity contribution is 0.192. The van der Waals surface area contributed by atoms with E-state index in [0.717, 1.165) is 18.8 Å². The summed E-state index contributed by atoms with van der Waals surface area (Å²) in [6, 6.07) is 8.15. The van der Waals surface area contributed by atoms with Crippen LogP contribution < -0.4 is 10.1 Å². The predicted octanol–water partition coefficient (Wildman–Crippen LogP) is 2.19. The van der Waals surface area contributed by atoms with E-state index in [1.165, 1.54) is 24.8 Å². The van der Waals surface area contributed by atoms with Crippen LogP contribution in [0.15, 0.2) is 24.3 Å². The van der Waals surface area contributed by atoms with Crippen molar-refractivity contribution in [3.8, 4) is 5.75 Å². The minimum absolute atomic E-state index is 0.342. The maximum absolute atomic E-state index is 9.27. The number of methoxy groups -OCH3 is 1. The highest BCUT2D eigenvalue weighted by atomic mass is 16.5. The zero-order chi connectivity index (χ0) is 12.8. The Hall–Kier alpha value is -1.06. The lowest BCUT2D eigenvalue weighted by Gasteiger charge is -2.17. The summed E-state index contributed by atoms with van der Waals surface area (Å²) in [6.45, 7) is 2.24. The molecule has 18 heavy (non-hydrogen) atoms. The van der Waals surface area contributed by atoms with Gasteiger partial charge in [-0.15, -0.1) is 0 Å². The molecule has 0 aliphatic heterocycles.